The maximum Gasteiger partial charge on any atom is 0.144 e. The van der Waals surface area contributed by atoms with E-state index in [1.165, 1.54) is 32.1 Å². The summed E-state index contributed by atoms with van der Waals surface area (Å²) in [5.74, 6) is 1.39. The van der Waals surface area contributed by atoms with E-state index in [4.69, 9.17) is 0 Å². The van der Waals surface area contributed by atoms with Crippen LogP contribution >= 0.6 is 0 Å². The van der Waals surface area contributed by atoms with E-state index in [1.807, 2.05) is 0 Å². The van der Waals surface area contributed by atoms with Crippen LogP contribution in [-0.4, -0.2) is 17.5 Å². The minimum absolute atomic E-state index is 0.0921. The summed E-state index contributed by atoms with van der Waals surface area (Å²) in [5.41, 5.74) is 4.53. The van der Waals surface area contributed by atoms with E-state index in [0.717, 1.165) is 30.9 Å². The van der Waals surface area contributed by atoms with Gasteiger partial charge in [0.2, 0.25) is 0 Å². The smallest absolute Gasteiger partial charge is 0.144 e. The molecule has 0 spiro atoms. The van der Waals surface area contributed by atoms with Crippen LogP contribution in [-0.2, 0) is 4.79 Å². The van der Waals surface area contributed by atoms with Gasteiger partial charge in [-0.15, -0.1) is 0 Å². The molecule has 106 valence electrons. The van der Waals surface area contributed by atoms with Crippen molar-refractivity contribution in [3.63, 3.8) is 0 Å². The van der Waals surface area contributed by atoms with Crippen LogP contribution in [0.15, 0.2) is 5.10 Å². The van der Waals surface area contributed by atoms with Crippen LogP contribution in [0, 0.1) is 17.3 Å². The second-order valence-electron chi connectivity index (χ2n) is 7.52. The van der Waals surface area contributed by atoms with Gasteiger partial charge in [0.15, 0.2) is 0 Å². The minimum Gasteiger partial charge on any atom is -0.306 e. The number of rotatable bonds is 3. The molecule has 0 aromatic heterocycles. The van der Waals surface area contributed by atoms with Crippen molar-refractivity contribution in [1.29, 1.82) is 0 Å². The number of fused-ring (bicyclic) bond motifs is 1. The molecule has 0 aromatic rings. The van der Waals surface area contributed by atoms with E-state index in [2.05, 4.69) is 24.4 Å². The largest absolute Gasteiger partial charge is 0.306 e. The fourth-order valence-corrected chi connectivity index (χ4v) is 4.23. The standard InChI is InChI=1S/C16H26N2O/c1-16(2)9-13-15(14(19)10-16)12(17-18-13)8-7-11-5-3-4-6-11/h11,13,15,18H,3-10H2,1-2H3/t13-,15+/m0/s1. The van der Waals surface area contributed by atoms with E-state index in [-0.39, 0.29) is 17.4 Å². The highest BCUT2D eigenvalue weighted by molar-refractivity contribution is 6.07. The van der Waals surface area contributed by atoms with Gasteiger partial charge in [-0.25, -0.2) is 0 Å². The van der Waals surface area contributed by atoms with E-state index in [9.17, 15) is 4.79 Å². The summed E-state index contributed by atoms with van der Waals surface area (Å²) in [7, 11) is 0. The summed E-state index contributed by atoms with van der Waals surface area (Å²) in [6, 6.07) is 0.273. The van der Waals surface area contributed by atoms with Crippen molar-refractivity contribution in [1.82, 2.24) is 5.43 Å². The molecule has 3 rings (SSSR count). The SMILES string of the molecule is CC1(C)CC(=O)[C@@H]2C(CCC3CCCC3)=NN[C@H]2C1. The zero-order valence-electron chi connectivity index (χ0n) is 12.2. The molecule has 2 aliphatic carbocycles. The van der Waals surface area contributed by atoms with E-state index in [1.54, 1.807) is 0 Å². The summed E-state index contributed by atoms with van der Waals surface area (Å²) in [6.45, 7) is 4.39. The molecule has 0 radical (unpaired) electrons. The third kappa shape index (κ3) is 2.70. The number of nitrogens with one attached hydrogen (secondary N) is 1. The van der Waals surface area contributed by atoms with Gasteiger partial charge in [0.1, 0.15) is 5.78 Å². The second kappa shape index (κ2) is 4.92. The number of carbonyl (C=O) groups is 1. The first-order valence-corrected chi connectivity index (χ1v) is 7.90. The Kier molecular flexibility index (Phi) is 3.40. The molecular weight excluding hydrogens is 236 g/mol. The number of hydrogen-bond donors (Lipinski definition) is 1. The van der Waals surface area contributed by atoms with Gasteiger partial charge in [-0.05, 0) is 30.6 Å². The number of Topliss-reactive ketones (excluding diaryl/α,β-unsaturated/α-hetero) is 1. The average Bonchev–Trinajstić information content (AvgIpc) is 2.93. The third-order valence-corrected chi connectivity index (χ3v) is 5.19. The predicted molar refractivity (Wildman–Crippen MR) is 77.1 cm³/mol. The molecule has 3 aliphatic rings. The molecule has 0 aromatic carbocycles. The van der Waals surface area contributed by atoms with Crippen molar-refractivity contribution in [2.24, 2.45) is 22.4 Å². The van der Waals surface area contributed by atoms with Crippen molar-refractivity contribution in [3.05, 3.63) is 0 Å². The first-order valence-electron chi connectivity index (χ1n) is 7.90. The average molecular weight is 262 g/mol. The Morgan fingerprint density at radius 3 is 2.79 bits per heavy atom. The molecule has 3 nitrogen and oxygen atoms in total. The van der Waals surface area contributed by atoms with E-state index in [0.29, 0.717) is 5.78 Å². The molecule has 19 heavy (non-hydrogen) atoms. The van der Waals surface area contributed by atoms with Crippen LogP contribution in [0.25, 0.3) is 0 Å². The molecule has 2 saturated carbocycles. The fourth-order valence-electron chi connectivity index (χ4n) is 4.23. The van der Waals surface area contributed by atoms with Crippen molar-refractivity contribution in [2.45, 2.75) is 71.3 Å². The first-order chi connectivity index (χ1) is 9.05. The van der Waals surface area contributed by atoms with Gasteiger partial charge in [0, 0.05) is 6.42 Å². The van der Waals surface area contributed by atoms with Gasteiger partial charge in [-0.3, -0.25) is 4.79 Å². The molecule has 1 heterocycles. The van der Waals surface area contributed by atoms with Gasteiger partial charge in [0.05, 0.1) is 17.7 Å². The number of hydrazone groups is 1. The number of nitrogens with zero attached hydrogens (tertiary/aromatic N) is 1. The van der Waals surface area contributed by atoms with Gasteiger partial charge in [-0.1, -0.05) is 39.5 Å². The van der Waals surface area contributed by atoms with Crippen LogP contribution in [0.4, 0.5) is 0 Å². The molecule has 0 bridgehead atoms. The maximum absolute atomic E-state index is 12.4. The van der Waals surface area contributed by atoms with Gasteiger partial charge >= 0.3 is 0 Å². The summed E-state index contributed by atoms with van der Waals surface area (Å²) in [4.78, 5) is 12.4. The van der Waals surface area contributed by atoms with Crippen molar-refractivity contribution < 1.29 is 4.79 Å². The monoisotopic (exact) mass is 262 g/mol. The summed E-state index contributed by atoms with van der Waals surface area (Å²) < 4.78 is 0. The Hall–Kier alpha value is -0.860. The lowest BCUT2D eigenvalue weighted by Crippen LogP contribution is -2.45. The van der Waals surface area contributed by atoms with Crippen molar-refractivity contribution >= 4 is 11.5 Å². The quantitative estimate of drug-likeness (QED) is 0.848. The molecule has 2 fully saturated rings. The van der Waals surface area contributed by atoms with E-state index < -0.39 is 0 Å². The Morgan fingerprint density at radius 1 is 1.32 bits per heavy atom. The lowest BCUT2D eigenvalue weighted by Gasteiger charge is -2.36. The number of ketones is 1. The van der Waals surface area contributed by atoms with Gasteiger partial charge in [0.25, 0.3) is 0 Å². The van der Waals surface area contributed by atoms with Gasteiger partial charge < -0.3 is 5.43 Å². The Bertz CT molecular complexity index is 394. The van der Waals surface area contributed by atoms with Gasteiger partial charge in [-0.2, -0.15) is 5.10 Å². The lowest BCUT2D eigenvalue weighted by atomic mass is 9.68. The molecule has 0 amide bonds. The van der Waals surface area contributed by atoms with Crippen LogP contribution in [0.3, 0.4) is 0 Å². The Balaban J connectivity index is 1.60. The molecular formula is C16H26N2O. The number of carbonyl (C=O) groups excluding carboxylic acids is 1. The first kappa shape index (κ1) is 13.1. The van der Waals surface area contributed by atoms with Crippen LogP contribution in [0.2, 0.25) is 0 Å². The summed E-state index contributed by atoms with van der Waals surface area (Å²) in [6.07, 6.45) is 9.62. The predicted octanol–water partition coefficient (Wildman–Crippen LogP) is 3.29. The molecule has 3 heteroatoms. The molecule has 1 aliphatic heterocycles. The van der Waals surface area contributed by atoms with Crippen molar-refractivity contribution in [2.75, 3.05) is 0 Å². The lowest BCUT2D eigenvalue weighted by molar-refractivity contribution is -0.126. The van der Waals surface area contributed by atoms with Crippen LogP contribution < -0.4 is 5.43 Å². The maximum atomic E-state index is 12.4. The third-order valence-electron chi connectivity index (χ3n) is 5.19. The Morgan fingerprint density at radius 2 is 2.05 bits per heavy atom. The zero-order chi connectivity index (χ0) is 13.5. The second-order valence-corrected chi connectivity index (χ2v) is 7.52. The zero-order valence-corrected chi connectivity index (χ0v) is 12.2. The minimum atomic E-state index is 0.0921. The van der Waals surface area contributed by atoms with E-state index >= 15 is 0 Å². The topological polar surface area (TPSA) is 41.5 Å². The molecule has 0 unspecified atom stereocenters. The van der Waals surface area contributed by atoms with Crippen LogP contribution in [0.1, 0.15) is 65.2 Å². The summed E-state index contributed by atoms with van der Waals surface area (Å²) >= 11 is 0. The Labute approximate surface area is 116 Å². The van der Waals surface area contributed by atoms with Crippen LogP contribution in [0.5, 0.6) is 0 Å². The molecule has 1 N–H and O–H groups in total. The highest BCUT2D eigenvalue weighted by atomic mass is 16.1. The molecule has 0 saturated heterocycles. The summed E-state index contributed by atoms with van der Waals surface area (Å²) in [5, 5.41) is 4.50. The highest BCUT2D eigenvalue weighted by Crippen LogP contribution is 2.39. The highest BCUT2D eigenvalue weighted by Gasteiger charge is 2.45. The number of hydrogen-bond acceptors (Lipinski definition) is 3. The normalized spacial score (nSPS) is 34.0. The fraction of sp³-hybridized carbons (Fsp3) is 0.875. The van der Waals surface area contributed by atoms with Crippen molar-refractivity contribution in [3.8, 4) is 0 Å². The molecule has 2 atom stereocenters.